The van der Waals surface area contributed by atoms with Crippen molar-refractivity contribution in [2.75, 3.05) is 7.05 Å². The van der Waals surface area contributed by atoms with Gasteiger partial charge in [-0.1, -0.05) is 36.4 Å². The molecule has 1 aliphatic carbocycles. The molecule has 3 aromatic rings. The standard InChI is InChI=1S/C25H28N4O3S/c1-17(2)29(3)33(31,32)22-11-7-10-19(15-22)25(30)27-21-12-13-23-20(14-21)16-26-24(28-23)18-8-5-4-6-9-18/h4-11,15-17,21H,12-14H2,1-3H3,(H,27,30)/t21-/m0/s1. The number of nitrogens with one attached hydrogen (secondary N) is 1. The van der Waals surface area contributed by atoms with Crippen molar-refractivity contribution in [2.45, 2.75) is 50.1 Å². The van der Waals surface area contributed by atoms with Gasteiger partial charge in [-0.25, -0.2) is 18.4 Å². The Morgan fingerprint density at radius 1 is 1.12 bits per heavy atom. The van der Waals surface area contributed by atoms with Gasteiger partial charge in [0.15, 0.2) is 5.82 Å². The lowest BCUT2D eigenvalue weighted by atomic mass is 9.92. The molecule has 8 heteroatoms. The fourth-order valence-corrected chi connectivity index (χ4v) is 5.28. The van der Waals surface area contributed by atoms with Gasteiger partial charge in [-0.2, -0.15) is 4.31 Å². The molecule has 7 nitrogen and oxygen atoms in total. The minimum absolute atomic E-state index is 0.0604. The molecule has 0 unspecified atom stereocenters. The Balaban J connectivity index is 1.46. The Hall–Kier alpha value is -3.10. The van der Waals surface area contributed by atoms with Crippen molar-refractivity contribution < 1.29 is 13.2 Å². The number of carbonyl (C=O) groups is 1. The molecule has 0 bridgehead atoms. The molecule has 0 saturated carbocycles. The van der Waals surface area contributed by atoms with Crippen LogP contribution in [0.3, 0.4) is 0 Å². The Morgan fingerprint density at radius 3 is 2.61 bits per heavy atom. The van der Waals surface area contributed by atoms with Crippen molar-refractivity contribution in [3.05, 3.63) is 77.6 Å². The average molecular weight is 465 g/mol. The summed E-state index contributed by atoms with van der Waals surface area (Å²) in [4.78, 5) is 22.2. The van der Waals surface area contributed by atoms with Gasteiger partial charge in [-0.3, -0.25) is 4.79 Å². The van der Waals surface area contributed by atoms with Crippen LogP contribution in [0.15, 0.2) is 65.7 Å². The SMILES string of the molecule is CC(C)N(C)S(=O)(=O)c1cccc(C(=O)N[C@H]2CCc3nc(-c4ccccc4)ncc3C2)c1. The fraction of sp³-hybridized carbons (Fsp3) is 0.320. The summed E-state index contributed by atoms with van der Waals surface area (Å²) in [7, 11) is -2.12. The molecule has 1 atom stereocenters. The van der Waals surface area contributed by atoms with Crippen LogP contribution in [-0.2, 0) is 22.9 Å². The quantitative estimate of drug-likeness (QED) is 0.603. The molecule has 1 N–H and O–H groups in total. The van der Waals surface area contributed by atoms with E-state index in [1.807, 2.05) is 50.4 Å². The molecule has 4 rings (SSSR count). The highest BCUT2D eigenvalue weighted by Crippen LogP contribution is 2.23. The number of hydrogen-bond acceptors (Lipinski definition) is 5. The maximum atomic E-state index is 12.9. The highest BCUT2D eigenvalue weighted by molar-refractivity contribution is 7.89. The van der Waals surface area contributed by atoms with Crippen LogP contribution in [0, 0.1) is 0 Å². The van der Waals surface area contributed by atoms with Gasteiger partial charge < -0.3 is 5.32 Å². The van der Waals surface area contributed by atoms with Crippen molar-refractivity contribution in [3.8, 4) is 11.4 Å². The van der Waals surface area contributed by atoms with Gasteiger partial charge in [-0.15, -0.1) is 0 Å². The van der Waals surface area contributed by atoms with E-state index < -0.39 is 10.0 Å². The molecule has 1 amide bonds. The molecule has 0 fully saturated rings. The maximum absolute atomic E-state index is 12.9. The molecule has 1 heterocycles. The molecule has 0 spiro atoms. The lowest BCUT2D eigenvalue weighted by Gasteiger charge is -2.25. The van der Waals surface area contributed by atoms with E-state index in [-0.39, 0.29) is 22.9 Å². The lowest BCUT2D eigenvalue weighted by molar-refractivity contribution is 0.0933. The van der Waals surface area contributed by atoms with Crippen LogP contribution >= 0.6 is 0 Å². The van der Waals surface area contributed by atoms with Gasteiger partial charge >= 0.3 is 0 Å². The Bertz CT molecular complexity index is 1260. The second-order valence-electron chi connectivity index (χ2n) is 8.59. The summed E-state index contributed by atoms with van der Waals surface area (Å²) in [6.07, 6.45) is 4.00. The number of hydrogen-bond donors (Lipinski definition) is 1. The van der Waals surface area contributed by atoms with Crippen molar-refractivity contribution in [3.63, 3.8) is 0 Å². The summed E-state index contributed by atoms with van der Waals surface area (Å²) < 4.78 is 26.9. The zero-order valence-corrected chi connectivity index (χ0v) is 19.8. The summed E-state index contributed by atoms with van der Waals surface area (Å²) in [6.45, 7) is 3.61. The van der Waals surface area contributed by atoms with Gasteiger partial charge in [0, 0.05) is 42.1 Å². The van der Waals surface area contributed by atoms with Gasteiger partial charge in [0.25, 0.3) is 5.91 Å². The van der Waals surface area contributed by atoms with E-state index in [4.69, 9.17) is 4.98 Å². The monoisotopic (exact) mass is 464 g/mol. The molecule has 1 aliphatic rings. The van der Waals surface area contributed by atoms with Gasteiger partial charge in [0.05, 0.1) is 4.90 Å². The topological polar surface area (TPSA) is 92.3 Å². The molecule has 0 aliphatic heterocycles. The Labute approximate surface area is 194 Å². The molecule has 33 heavy (non-hydrogen) atoms. The van der Waals surface area contributed by atoms with Gasteiger partial charge in [-0.05, 0) is 56.9 Å². The lowest BCUT2D eigenvalue weighted by Crippen LogP contribution is -2.39. The second kappa shape index (κ2) is 9.41. The Morgan fingerprint density at radius 2 is 1.88 bits per heavy atom. The van der Waals surface area contributed by atoms with E-state index in [2.05, 4.69) is 10.3 Å². The first-order valence-electron chi connectivity index (χ1n) is 11.0. The van der Waals surface area contributed by atoms with E-state index in [1.54, 1.807) is 12.1 Å². The largest absolute Gasteiger partial charge is 0.349 e. The minimum Gasteiger partial charge on any atom is -0.349 e. The highest BCUT2D eigenvalue weighted by atomic mass is 32.2. The number of benzene rings is 2. The van der Waals surface area contributed by atoms with Crippen molar-refractivity contribution >= 4 is 15.9 Å². The fourth-order valence-electron chi connectivity index (χ4n) is 3.87. The van der Waals surface area contributed by atoms with Crippen LogP contribution in [0.2, 0.25) is 0 Å². The van der Waals surface area contributed by atoms with Crippen LogP contribution in [0.1, 0.15) is 41.9 Å². The smallest absolute Gasteiger partial charge is 0.251 e. The normalized spacial score (nSPS) is 16.0. The number of aryl methyl sites for hydroxylation is 1. The number of amides is 1. The number of carbonyl (C=O) groups excluding carboxylic acids is 1. The van der Waals surface area contributed by atoms with Gasteiger partial charge in [0.2, 0.25) is 10.0 Å². The van der Waals surface area contributed by atoms with Crippen LogP contribution in [-0.4, -0.2) is 47.7 Å². The first-order valence-corrected chi connectivity index (χ1v) is 12.5. The summed E-state index contributed by atoms with van der Waals surface area (Å²) in [6, 6.07) is 15.8. The average Bonchev–Trinajstić information content (AvgIpc) is 2.83. The number of rotatable bonds is 6. The first-order chi connectivity index (χ1) is 15.8. The number of sulfonamides is 1. The van der Waals surface area contributed by atoms with E-state index in [9.17, 15) is 13.2 Å². The predicted molar refractivity (Wildman–Crippen MR) is 127 cm³/mol. The van der Waals surface area contributed by atoms with Crippen molar-refractivity contribution in [1.29, 1.82) is 0 Å². The number of aromatic nitrogens is 2. The molecular formula is C25H28N4O3S. The van der Waals surface area contributed by atoms with Crippen LogP contribution < -0.4 is 5.32 Å². The molecule has 172 valence electrons. The summed E-state index contributed by atoms with van der Waals surface area (Å²) in [5.41, 5.74) is 3.35. The molecular weight excluding hydrogens is 436 g/mol. The van der Waals surface area contributed by atoms with Crippen LogP contribution in [0.25, 0.3) is 11.4 Å². The predicted octanol–water partition coefficient (Wildman–Crippen LogP) is 3.46. The van der Waals surface area contributed by atoms with Crippen LogP contribution in [0.5, 0.6) is 0 Å². The van der Waals surface area contributed by atoms with E-state index in [0.717, 1.165) is 29.7 Å². The molecule has 1 aromatic heterocycles. The minimum atomic E-state index is -3.66. The van der Waals surface area contributed by atoms with Crippen LogP contribution in [0.4, 0.5) is 0 Å². The molecule has 2 aromatic carbocycles. The van der Waals surface area contributed by atoms with Crippen molar-refractivity contribution in [1.82, 2.24) is 19.6 Å². The van der Waals surface area contributed by atoms with Gasteiger partial charge in [0.1, 0.15) is 0 Å². The first kappa shape index (κ1) is 23.1. The number of fused-ring (bicyclic) bond motifs is 1. The second-order valence-corrected chi connectivity index (χ2v) is 10.6. The third-order valence-electron chi connectivity index (χ3n) is 6.02. The summed E-state index contributed by atoms with van der Waals surface area (Å²) in [5.74, 6) is 0.427. The Kier molecular flexibility index (Phi) is 6.58. The van der Waals surface area contributed by atoms with Crippen molar-refractivity contribution in [2.24, 2.45) is 0 Å². The summed E-state index contributed by atoms with van der Waals surface area (Å²) in [5, 5.41) is 3.05. The number of nitrogens with zero attached hydrogens (tertiary/aromatic N) is 3. The highest BCUT2D eigenvalue weighted by Gasteiger charge is 2.26. The molecule has 0 radical (unpaired) electrons. The molecule has 0 saturated heterocycles. The zero-order valence-electron chi connectivity index (χ0n) is 19.0. The van der Waals surface area contributed by atoms with E-state index in [0.29, 0.717) is 17.8 Å². The maximum Gasteiger partial charge on any atom is 0.251 e. The third-order valence-corrected chi connectivity index (χ3v) is 8.05. The van der Waals surface area contributed by atoms with E-state index >= 15 is 0 Å². The third kappa shape index (κ3) is 4.96. The summed E-state index contributed by atoms with van der Waals surface area (Å²) >= 11 is 0. The van der Waals surface area contributed by atoms with E-state index in [1.165, 1.54) is 23.5 Å². The zero-order chi connectivity index (χ0) is 23.6.